The van der Waals surface area contributed by atoms with Gasteiger partial charge in [-0.2, -0.15) is 0 Å². The Bertz CT molecular complexity index is 723. The number of halogens is 1. The largest absolute Gasteiger partial charge is 0.381 e. The van der Waals surface area contributed by atoms with Crippen molar-refractivity contribution in [1.29, 1.82) is 0 Å². The van der Waals surface area contributed by atoms with E-state index in [0.29, 0.717) is 18.5 Å². The molecule has 1 atom stereocenters. The number of hydrogen-bond donors (Lipinski definition) is 2. The van der Waals surface area contributed by atoms with Crippen LogP contribution < -0.4 is 10.6 Å². The number of nitrogens with one attached hydrogen (secondary N) is 2. The van der Waals surface area contributed by atoms with Gasteiger partial charge in [0.05, 0.1) is 6.61 Å². The molecule has 3 fully saturated rings. The van der Waals surface area contributed by atoms with Gasteiger partial charge in [0.25, 0.3) is 0 Å². The molecule has 4 rings (SSSR count). The third-order valence-electron chi connectivity index (χ3n) is 7.31. The van der Waals surface area contributed by atoms with Gasteiger partial charge in [0.2, 0.25) is 0 Å². The standard InChI is InChI=1S/C25H40FN5O/c1-27-25(29-23-8-13-30(14-9-23)17-21-10-15-32-19-21)28-16-20-6-11-31(12-7-20)18-22-4-2-3-5-24(22)26/h2-5,20-21,23H,6-19H2,1H3,(H2,27,28,29). The Balaban J connectivity index is 1.12. The van der Waals surface area contributed by atoms with Crippen molar-refractivity contribution in [2.75, 3.05) is 59.5 Å². The zero-order valence-electron chi connectivity index (χ0n) is 19.6. The van der Waals surface area contributed by atoms with Crippen LogP contribution >= 0.6 is 0 Å². The Labute approximate surface area is 192 Å². The van der Waals surface area contributed by atoms with Crippen LogP contribution in [0, 0.1) is 17.7 Å². The van der Waals surface area contributed by atoms with Crippen molar-refractivity contribution in [2.24, 2.45) is 16.8 Å². The van der Waals surface area contributed by atoms with E-state index in [0.717, 1.165) is 76.2 Å². The third kappa shape index (κ3) is 6.90. The monoisotopic (exact) mass is 445 g/mol. The average molecular weight is 446 g/mol. The molecular formula is C25H40FN5O. The Morgan fingerprint density at radius 1 is 1.03 bits per heavy atom. The Hall–Kier alpha value is -1.70. The molecule has 1 unspecified atom stereocenters. The number of benzene rings is 1. The highest BCUT2D eigenvalue weighted by Gasteiger charge is 2.25. The number of aliphatic imine (C=N–C) groups is 1. The maximum absolute atomic E-state index is 13.9. The lowest BCUT2D eigenvalue weighted by Gasteiger charge is -2.35. The van der Waals surface area contributed by atoms with Crippen LogP contribution in [0.5, 0.6) is 0 Å². The molecule has 3 heterocycles. The fourth-order valence-corrected chi connectivity index (χ4v) is 5.20. The van der Waals surface area contributed by atoms with Crippen LogP contribution in [0.25, 0.3) is 0 Å². The van der Waals surface area contributed by atoms with E-state index in [9.17, 15) is 4.39 Å². The summed E-state index contributed by atoms with van der Waals surface area (Å²) in [4.78, 5) is 9.43. The number of nitrogens with zero attached hydrogens (tertiary/aromatic N) is 3. The van der Waals surface area contributed by atoms with E-state index >= 15 is 0 Å². The first-order chi connectivity index (χ1) is 15.7. The summed E-state index contributed by atoms with van der Waals surface area (Å²) in [5.74, 6) is 2.21. The van der Waals surface area contributed by atoms with Gasteiger partial charge in [-0.05, 0) is 63.1 Å². The highest BCUT2D eigenvalue weighted by atomic mass is 19.1. The molecule has 0 amide bonds. The minimum Gasteiger partial charge on any atom is -0.381 e. The van der Waals surface area contributed by atoms with Gasteiger partial charge < -0.3 is 20.3 Å². The molecular weight excluding hydrogens is 405 g/mol. The predicted molar refractivity (Wildman–Crippen MR) is 127 cm³/mol. The van der Waals surface area contributed by atoms with E-state index in [1.165, 1.54) is 25.8 Å². The van der Waals surface area contributed by atoms with Crippen molar-refractivity contribution in [3.63, 3.8) is 0 Å². The molecule has 0 spiro atoms. The highest BCUT2D eigenvalue weighted by Crippen LogP contribution is 2.20. The molecule has 1 aromatic rings. The summed E-state index contributed by atoms with van der Waals surface area (Å²) in [5, 5.41) is 7.20. The van der Waals surface area contributed by atoms with Crippen molar-refractivity contribution in [2.45, 2.75) is 44.7 Å². The minimum absolute atomic E-state index is 0.0930. The number of rotatable bonds is 7. The van der Waals surface area contributed by atoms with Crippen LogP contribution in [0.1, 0.15) is 37.7 Å². The molecule has 32 heavy (non-hydrogen) atoms. The van der Waals surface area contributed by atoms with E-state index < -0.39 is 0 Å². The average Bonchev–Trinajstić information content (AvgIpc) is 3.33. The molecule has 178 valence electrons. The van der Waals surface area contributed by atoms with E-state index in [1.807, 2.05) is 19.2 Å². The smallest absolute Gasteiger partial charge is 0.191 e. The van der Waals surface area contributed by atoms with Crippen molar-refractivity contribution in [1.82, 2.24) is 20.4 Å². The lowest BCUT2D eigenvalue weighted by molar-refractivity contribution is 0.150. The van der Waals surface area contributed by atoms with Crippen LogP contribution in [0.4, 0.5) is 4.39 Å². The molecule has 0 radical (unpaired) electrons. The molecule has 7 heteroatoms. The molecule has 6 nitrogen and oxygen atoms in total. The van der Waals surface area contributed by atoms with Crippen LogP contribution in [0.15, 0.2) is 29.3 Å². The fraction of sp³-hybridized carbons (Fsp3) is 0.720. The summed E-state index contributed by atoms with van der Waals surface area (Å²) in [5.41, 5.74) is 0.802. The summed E-state index contributed by atoms with van der Waals surface area (Å²) in [6.45, 7) is 9.10. The lowest BCUT2D eigenvalue weighted by Crippen LogP contribution is -2.50. The first kappa shape index (κ1) is 23.5. The van der Waals surface area contributed by atoms with Gasteiger partial charge in [0.1, 0.15) is 5.82 Å². The second-order valence-electron chi connectivity index (χ2n) is 9.71. The number of hydrogen-bond acceptors (Lipinski definition) is 4. The zero-order valence-corrected chi connectivity index (χ0v) is 19.6. The molecule has 3 aliphatic rings. The van der Waals surface area contributed by atoms with Crippen molar-refractivity contribution >= 4 is 5.96 Å². The summed E-state index contributed by atoms with van der Waals surface area (Å²) in [6, 6.07) is 7.63. The van der Waals surface area contributed by atoms with E-state index in [2.05, 4.69) is 25.4 Å². The second-order valence-corrected chi connectivity index (χ2v) is 9.71. The summed E-state index contributed by atoms with van der Waals surface area (Å²) < 4.78 is 19.4. The molecule has 0 aliphatic carbocycles. The number of likely N-dealkylation sites (tertiary alicyclic amines) is 2. The number of guanidine groups is 1. The summed E-state index contributed by atoms with van der Waals surface area (Å²) in [7, 11) is 1.86. The Morgan fingerprint density at radius 2 is 1.78 bits per heavy atom. The maximum atomic E-state index is 13.9. The Morgan fingerprint density at radius 3 is 2.47 bits per heavy atom. The molecule has 0 saturated carbocycles. The quantitative estimate of drug-likeness (QED) is 0.499. The summed E-state index contributed by atoms with van der Waals surface area (Å²) >= 11 is 0. The minimum atomic E-state index is -0.0930. The molecule has 3 aliphatic heterocycles. The van der Waals surface area contributed by atoms with Crippen LogP contribution in [-0.2, 0) is 11.3 Å². The fourth-order valence-electron chi connectivity index (χ4n) is 5.20. The maximum Gasteiger partial charge on any atom is 0.191 e. The second kappa shape index (κ2) is 12.0. The number of ether oxygens (including phenoxy) is 1. The zero-order chi connectivity index (χ0) is 22.2. The first-order valence-corrected chi connectivity index (χ1v) is 12.4. The summed E-state index contributed by atoms with van der Waals surface area (Å²) in [6.07, 6.45) is 5.84. The van der Waals surface area contributed by atoms with Crippen molar-refractivity contribution < 1.29 is 9.13 Å². The lowest BCUT2D eigenvalue weighted by atomic mass is 9.96. The van der Waals surface area contributed by atoms with Crippen LogP contribution in [0.3, 0.4) is 0 Å². The molecule has 1 aromatic carbocycles. The predicted octanol–water partition coefficient (Wildman–Crippen LogP) is 2.70. The van der Waals surface area contributed by atoms with E-state index in [1.54, 1.807) is 12.1 Å². The van der Waals surface area contributed by atoms with Gasteiger partial charge in [0, 0.05) is 58.0 Å². The van der Waals surface area contributed by atoms with Crippen LogP contribution in [-0.4, -0.2) is 81.3 Å². The molecule has 2 N–H and O–H groups in total. The SMILES string of the molecule is CN=C(NCC1CCN(Cc2ccccc2F)CC1)NC1CCN(CC2CCOC2)CC1. The van der Waals surface area contributed by atoms with E-state index in [-0.39, 0.29) is 5.82 Å². The molecule has 0 bridgehead atoms. The van der Waals surface area contributed by atoms with Gasteiger partial charge in [-0.15, -0.1) is 0 Å². The highest BCUT2D eigenvalue weighted by molar-refractivity contribution is 5.79. The van der Waals surface area contributed by atoms with Gasteiger partial charge in [-0.1, -0.05) is 18.2 Å². The van der Waals surface area contributed by atoms with Gasteiger partial charge in [-0.3, -0.25) is 9.89 Å². The third-order valence-corrected chi connectivity index (χ3v) is 7.31. The van der Waals surface area contributed by atoms with Crippen molar-refractivity contribution in [3.05, 3.63) is 35.6 Å². The molecule has 0 aromatic heterocycles. The topological polar surface area (TPSA) is 52.1 Å². The Kier molecular flexibility index (Phi) is 8.77. The number of piperidine rings is 2. The molecule has 3 saturated heterocycles. The van der Waals surface area contributed by atoms with Crippen LogP contribution in [0.2, 0.25) is 0 Å². The first-order valence-electron chi connectivity index (χ1n) is 12.4. The van der Waals surface area contributed by atoms with E-state index in [4.69, 9.17) is 4.74 Å². The normalized spacial score (nSPS) is 24.7. The van der Waals surface area contributed by atoms with Crippen molar-refractivity contribution in [3.8, 4) is 0 Å². The van der Waals surface area contributed by atoms with Gasteiger partial charge in [0.15, 0.2) is 5.96 Å². The van der Waals surface area contributed by atoms with Gasteiger partial charge >= 0.3 is 0 Å². The van der Waals surface area contributed by atoms with Gasteiger partial charge in [-0.25, -0.2) is 4.39 Å².